The zero-order chi connectivity index (χ0) is 9.68. The van der Waals surface area contributed by atoms with E-state index in [1.54, 1.807) is 7.05 Å². The van der Waals surface area contributed by atoms with Crippen molar-refractivity contribution in [2.24, 2.45) is 0 Å². The molecule has 1 unspecified atom stereocenters. The molecular weight excluding hydrogens is 166 g/mol. The van der Waals surface area contributed by atoms with E-state index in [0.29, 0.717) is 6.04 Å². The van der Waals surface area contributed by atoms with E-state index in [9.17, 15) is 4.79 Å². The molecule has 1 heterocycles. The molecule has 0 bridgehead atoms. The van der Waals surface area contributed by atoms with Gasteiger partial charge in [-0.05, 0) is 19.4 Å². The molecule has 1 atom stereocenters. The Morgan fingerprint density at radius 1 is 1.69 bits per heavy atom. The van der Waals surface area contributed by atoms with Crippen LogP contribution in [-0.4, -0.2) is 43.7 Å². The molecule has 1 aliphatic heterocycles. The van der Waals surface area contributed by atoms with Crippen molar-refractivity contribution in [1.29, 1.82) is 0 Å². The monoisotopic (exact) mass is 185 g/mol. The van der Waals surface area contributed by atoms with Crippen LogP contribution in [0.4, 0.5) is 4.79 Å². The van der Waals surface area contributed by atoms with E-state index in [1.807, 2.05) is 4.90 Å². The molecule has 0 aromatic heterocycles. The summed E-state index contributed by atoms with van der Waals surface area (Å²) in [5.41, 5.74) is 0. The first-order valence-corrected chi connectivity index (χ1v) is 4.98. The van der Waals surface area contributed by atoms with Gasteiger partial charge in [-0.2, -0.15) is 0 Å². The van der Waals surface area contributed by atoms with Crippen molar-refractivity contribution in [2.45, 2.75) is 25.8 Å². The molecule has 2 N–H and O–H groups in total. The Morgan fingerprint density at radius 2 is 2.46 bits per heavy atom. The van der Waals surface area contributed by atoms with Crippen LogP contribution in [-0.2, 0) is 0 Å². The summed E-state index contributed by atoms with van der Waals surface area (Å²) in [5, 5.41) is 5.95. The molecule has 4 heteroatoms. The minimum atomic E-state index is 0.0514. The Bertz CT molecular complexity index is 166. The van der Waals surface area contributed by atoms with E-state index in [4.69, 9.17) is 0 Å². The Morgan fingerprint density at radius 3 is 2.92 bits per heavy atom. The van der Waals surface area contributed by atoms with Gasteiger partial charge in [0.2, 0.25) is 0 Å². The quantitative estimate of drug-likeness (QED) is 0.668. The SMILES string of the molecule is CCCN(C(=O)NC)C1CCNC1. The van der Waals surface area contributed by atoms with Gasteiger partial charge in [-0.3, -0.25) is 0 Å². The molecule has 2 amide bonds. The summed E-state index contributed by atoms with van der Waals surface area (Å²) >= 11 is 0. The molecule has 13 heavy (non-hydrogen) atoms. The summed E-state index contributed by atoms with van der Waals surface area (Å²) in [5.74, 6) is 0. The van der Waals surface area contributed by atoms with E-state index < -0.39 is 0 Å². The maximum atomic E-state index is 11.5. The van der Waals surface area contributed by atoms with Crippen molar-refractivity contribution in [3.8, 4) is 0 Å². The number of nitrogens with one attached hydrogen (secondary N) is 2. The van der Waals surface area contributed by atoms with E-state index in [2.05, 4.69) is 17.6 Å². The summed E-state index contributed by atoms with van der Waals surface area (Å²) in [7, 11) is 1.69. The van der Waals surface area contributed by atoms with Crippen molar-refractivity contribution < 1.29 is 4.79 Å². The lowest BCUT2D eigenvalue weighted by Gasteiger charge is -2.27. The van der Waals surface area contributed by atoms with Gasteiger partial charge in [-0.25, -0.2) is 4.79 Å². The smallest absolute Gasteiger partial charge is 0.317 e. The molecule has 0 aromatic carbocycles. The van der Waals surface area contributed by atoms with Gasteiger partial charge in [0.15, 0.2) is 0 Å². The van der Waals surface area contributed by atoms with Gasteiger partial charge in [-0.15, -0.1) is 0 Å². The topological polar surface area (TPSA) is 44.4 Å². The maximum absolute atomic E-state index is 11.5. The molecular formula is C9H19N3O. The maximum Gasteiger partial charge on any atom is 0.317 e. The fraction of sp³-hybridized carbons (Fsp3) is 0.889. The lowest BCUT2D eigenvalue weighted by atomic mass is 10.2. The summed E-state index contributed by atoms with van der Waals surface area (Å²) in [4.78, 5) is 13.4. The number of urea groups is 1. The predicted molar refractivity (Wildman–Crippen MR) is 52.7 cm³/mol. The zero-order valence-corrected chi connectivity index (χ0v) is 8.47. The molecule has 0 radical (unpaired) electrons. The zero-order valence-electron chi connectivity index (χ0n) is 8.47. The second-order valence-electron chi connectivity index (χ2n) is 3.40. The van der Waals surface area contributed by atoms with E-state index in [-0.39, 0.29) is 6.03 Å². The minimum Gasteiger partial charge on any atom is -0.341 e. The number of hydrogen-bond donors (Lipinski definition) is 2. The van der Waals surface area contributed by atoms with Crippen LogP contribution in [0.2, 0.25) is 0 Å². The molecule has 0 aliphatic carbocycles. The molecule has 4 nitrogen and oxygen atoms in total. The molecule has 1 saturated heterocycles. The van der Waals surface area contributed by atoms with Crippen LogP contribution in [0.1, 0.15) is 19.8 Å². The van der Waals surface area contributed by atoms with Crippen LogP contribution in [0.5, 0.6) is 0 Å². The highest BCUT2D eigenvalue weighted by Gasteiger charge is 2.24. The molecule has 76 valence electrons. The first-order chi connectivity index (χ1) is 6.29. The molecule has 1 rings (SSSR count). The van der Waals surface area contributed by atoms with Crippen molar-refractivity contribution in [3.05, 3.63) is 0 Å². The number of rotatable bonds is 3. The van der Waals surface area contributed by atoms with Crippen LogP contribution < -0.4 is 10.6 Å². The number of hydrogen-bond acceptors (Lipinski definition) is 2. The third kappa shape index (κ3) is 2.59. The van der Waals surface area contributed by atoms with Gasteiger partial charge in [0.1, 0.15) is 0 Å². The molecule has 0 saturated carbocycles. The molecule has 1 aliphatic rings. The lowest BCUT2D eigenvalue weighted by Crippen LogP contribution is -2.46. The van der Waals surface area contributed by atoms with Crippen LogP contribution in [0, 0.1) is 0 Å². The number of nitrogens with zero attached hydrogens (tertiary/aromatic N) is 1. The van der Waals surface area contributed by atoms with Crippen LogP contribution in [0.3, 0.4) is 0 Å². The van der Waals surface area contributed by atoms with Gasteiger partial charge in [0.25, 0.3) is 0 Å². The Labute approximate surface area is 79.7 Å². The number of carbonyl (C=O) groups excluding carboxylic acids is 1. The van der Waals surface area contributed by atoms with Crippen LogP contribution >= 0.6 is 0 Å². The molecule has 1 fully saturated rings. The summed E-state index contributed by atoms with van der Waals surface area (Å²) in [6.45, 7) is 4.92. The van der Waals surface area contributed by atoms with Crippen molar-refractivity contribution in [1.82, 2.24) is 15.5 Å². The Kier molecular flexibility index (Phi) is 4.02. The van der Waals surface area contributed by atoms with Gasteiger partial charge in [0, 0.05) is 26.2 Å². The minimum absolute atomic E-state index is 0.0514. The van der Waals surface area contributed by atoms with Crippen molar-refractivity contribution in [3.63, 3.8) is 0 Å². The number of carbonyl (C=O) groups is 1. The van der Waals surface area contributed by atoms with Crippen LogP contribution in [0.15, 0.2) is 0 Å². The van der Waals surface area contributed by atoms with Crippen LogP contribution in [0.25, 0.3) is 0 Å². The predicted octanol–water partition coefficient (Wildman–Crippen LogP) is 0.400. The highest BCUT2D eigenvalue weighted by molar-refractivity contribution is 5.74. The normalized spacial score (nSPS) is 21.5. The van der Waals surface area contributed by atoms with Gasteiger partial charge < -0.3 is 15.5 Å². The largest absolute Gasteiger partial charge is 0.341 e. The highest BCUT2D eigenvalue weighted by Crippen LogP contribution is 2.08. The Hall–Kier alpha value is -0.770. The van der Waals surface area contributed by atoms with E-state index in [0.717, 1.165) is 32.5 Å². The highest BCUT2D eigenvalue weighted by atomic mass is 16.2. The fourth-order valence-electron chi connectivity index (χ4n) is 1.74. The van der Waals surface area contributed by atoms with Gasteiger partial charge in [-0.1, -0.05) is 6.92 Å². The number of amides is 2. The summed E-state index contributed by atoms with van der Waals surface area (Å²) in [6.07, 6.45) is 2.09. The first kappa shape index (κ1) is 10.3. The third-order valence-electron chi connectivity index (χ3n) is 2.41. The van der Waals surface area contributed by atoms with E-state index in [1.165, 1.54) is 0 Å². The second-order valence-corrected chi connectivity index (χ2v) is 3.40. The van der Waals surface area contributed by atoms with E-state index >= 15 is 0 Å². The van der Waals surface area contributed by atoms with Gasteiger partial charge in [0.05, 0.1) is 0 Å². The summed E-state index contributed by atoms with van der Waals surface area (Å²) < 4.78 is 0. The molecule has 0 aromatic rings. The van der Waals surface area contributed by atoms with Gasteiger partial charge >= 0.3 is 6.03 Å². The lowest BCUT2D eigenvalue weighted by molar-refractivity contribution is 0.181. The average Bonchev–Trinajstić information content (AvgIpc) is 2.65. The molecule has 0 spiro atoms. The summed E-state index contributed by atoms with van der Waals surface area (Å²) in [6, 6.07) is 0.440. The first-order valence-electron chi connectivity index (χ1n) is 4.98. The van der Waals surface area contributed by atoms with Crippen molar-refractivity contribution in [2.75, 3.05) is 26.7 Å². The second kappa shape index (κ2) is 5.07. The average molecular weight is 185 g/mol. The Balaban J connectivity index is 2.49. The standard InChI is InChI=1S/C9H19N3O/c1-3-6-12(9(13)10-2)8-4-5-11-7-8/h8,11H,3-7H2,1-2H3,(H,10,13). The third-order valence-corrected chi connectivity index (χ3v) is 2.41. The fourth-order valence-corrected chi connectivity index (χ4v) is 1.74. The van der Waals surface area contributed by atoms with Crippen molar-refractivity contribution >= 4 is 6.03 Å².